The predicted molar refractivity (Wildman–Crippen MR) is 203 cm³/mol. The Morgan fingerprint density at radius 3 is 2.03 bits per heavy atom. The van der Waals surface area contributed by atoms with Crippen LogP contribution >= 0.6 is 0 Å². The number of aliphatic hydroxyl groups is 1. The van der Waals surface area contributed by atoms with Gasteiger partial charge in [0.25, 0.3) is 0 Å². The van der Waals surface area contributed by atoms with Crippen LogP contribution in [0, 0.1) is 17.3 Å². The number of cyclic esters (lactones) is 1. The lowest BCUT2D eigenvalue weighted by Crippen LogP contribution is -2.89. The van der Waals surface area contributed by atoms with Gasteiger partial charge in [-0.1, -0.05) is 6.92 Å². The number of aryl methyl sites for hydroxylation is 1. The van der Waals surface area contributed by atoms with Gasteiger partial charge < -0.3 is 47.7 Å². The second-order valence-electron chi connectivity index (χ2n) is 16.3. The summed E-state index contributed by atoms with van der Waals surface area (Å²) in [5, 5.41) is 13.6. The minimum Gasteiger partial charge on any atom is -0.465 e. The summed E-state index contributed by atoms with van der Waals surface area (Å²) in [5.74, 6) is -10.8. The number of aromatic nitrogens is 2. The summed E-state index contributed by atoms with van der Waals surface area (Å²) in [6.45, 7) is 7.08. The van der Waals surface area contributed by atoms with Crippen molar-refractivity contribution in [3.63, 3.8) is 0 Å². The van der Waals surface area contributed by atoms with Gasteiger partial charge in [0, 0.05) is 53.2 Å². The van der Waals surface area contributed by atoms with E-state index in [1.807, 2.05) is 0 Å². The molecule has 2 aromatic heterocycles. The molecule has 62 heavy (non-hydrogen) atoms. The Labute approximate surface area is 355 Å². The van der Waals surface area contributed by atoms with E-state index in [0.29, 0.717) is 0 Å². The molecular formula is C42H48N2O18. The SMILES string of the molecule is CC(=O)OC[C@]12[C@H](OC(C)=O)[C@H](OC(C)=O)[C@@H]3[C@@H](OC(C)=O)[C@@]14O[C@@]3(C)COC(=O)c1cccnc1CC[C@H](C)C(=O)O[C@@H]([C@H](OC(C)=O)[C@@H]2OC(=O)c1cccnc1)[C@]4(C)O. The van der Waals surface area contributed by atoms with E-state index in [4.69, 9.17) is 42.6 Å². The van der Waals surface area contributed by atoms with Crippen LogP contribution < -0.4 is 0 Å². The number of carbonyl (C=O) groups is 8. The van der Waals surface area contributed by atoms with E-state index >= 15 is 0 Å². The first-order chi connectivity index (χ1) is 29.1. The quantitative estimate of drug-likeness (QED) is 0.291. The van der Waals surface area contributed by atoms with Gasteiger partial charge in [0.1, 0.15) is 42.0 Å². The van der Waals surface area contributed by atoms with Crippen LogP contribution in [0.1, 0.15) is 88.2 Å². The fourth-order valence-corrected chi connectivity index (χ4v) is 9.65. The Kier molecular flexibility index (Phi) is 12.5. The van der Waals surface area contributed by atoms with Gasteiger partial charge in [-0.3, -0.25) is 38.7 Å². The van der Waals surface area contributed by atoms with Crippen LogP contribution in [-0.4, -0.2) is 129 Å². The molecule has 2 aliphatic carbocycles. The largest absolute Gasteiger partial charge is 0.465 e. The Balaban J connectivity index is 1.79. The topological polar surface area (TPSA) is 266 Å². The molecule has 1 saturated heterocycles. The number of carbonyl (C=O) groups excluding carboxylic acids is 8. The highest BCUT2D eigenvalue weighted by molar-refractivity contribution is 5.91. The summed E-state index contributed by atoms with van der Waals surface area (Å²) in [7, 11) is 0. The lowest BCUT2D eigenvalue weighted by Gasteiger charge is -2.67. The smallest absolute Gasteiger partial charge is 0.340 e. The molecular weight excluding hydrogens is 820 g/mol. The van der Waals surface area contributed by atoms with Gasteiger partial charge in [-0.2, -0.15) is 0 Å². The molecule has 3 fully saturated rings. The van der Waals surface area contributed by atoms with Gasteiger partial charge >= 0.3 is 47.8 Å². The molecule has 1 N–H and O–H groups in total. The molecule has 2 aliphatic heterocycles. The molecule has 0 aromatic carbocycles. The van der Waals surface area contributed by atoms with Crippen LogP contribution in [0.3, 0.4) is 0 Å². The molecule has 0 radical (unpaired) electrons. The zero-order valence-electron chi connectivity index (χ0n) is 35.3. The summed E-state index contributed by atoms with van der Waals surface area (Å²) < 4.78 is 55.3. The summed E-state index contributed by atoms with van der Waals surface area (Å²) in [6.07, 6.45) is -8.27. The van der Waals surface area contributed by atoms with Crippen molar-refractivity contribution in [2.24, 2.45) is 17.3 Å². The minimum absolute atomic E-state index is 0.0174. The summed E-state index contributed by atoms with van der Waals surface area (Å²) >= 11 is 0. The molecule has 4 heterocycles. The highest BCUT2D eigenvalue weighted by atomic mass is 16.7. The van der Waals surface area contributed by atoms with Gasteiger partial charge in [-0.15, -0.1) is 0 Å². The highest BCUT2D eigenvalue weighted by Crippen LogP contribution is 2.70. The Morgan fingerprint density at radius 1 is 0.806 bits per heavy atom. The molecule has 334 valence electrons. The molecule has 4 aliphatic rings. The highest BCUT2D eigenvalue weighted by Gasteiger charge is 2.92. The third kappa shape index (κ3) is 7.73. The van der Waals surface area contributed by atoms with Crippen LogP contribution in [0.4, 0.5) is 0 Å². The van der Waals surface area contributed by atoms with Gasteiger partial charge in [-0.05, 0) is 51.0 Å². The lowest BCUT2D eigenvalue weighted by molar-refractivity contribution is -0.385. The molecule has 2 aromatic rings. The van der Waals surface area contributed by atoms with Crippen molar-refractivity contribution in [2.45, 2.75) is 122 Å². The molecule has 6 rings (SSSR count). The monoisotopic (exact) mass is 868 g/mol. The van der Waals surface area contributed by atoms with Crippen LogP contribution in [0.25, 0.3) is 0 Å². The third-order valence-corrected chi connectivity index (χ3v) is 12.0. The van der Waals surface area contributed by atoms with E-state index in [1.165, 1.54) is 50.5 Å². The van der Waals surface area contributed by atoms with Crippen LogP contribution in [0.5, 0.6) is 0 Å². The fraction of sp³-hybridized carbons (Fsp3) is 0.571. The fourth-order valence-electron chi connectivity index (χ4n) is 9.65. The van der Waals surface area contributed by atoms with Crippen molar-refractivity contribution < 1.29 is 86.1 Å². The van der Waals surface area contributed by atoms with E-state index in [2.05, 4.69) is 9.97 Å². The lowest BCUT2D eigenvalue weighted by atomic mass is 9.45. The average Bonchev–Trinajstić information content (AvgIpc) is 3.41. The molecule has 20 nitrogen and oxygen atoms in total. The number of rotatable bonds is 8. The Bertz CT molecular complexity index is 2140. The van der Waals surface area contributed by atoms with Gasteiger partial charge in [0.05, 0.1) is 28.7 Å². The Hall–Kier alpha value is -6.02. The maximum Gasteiger partial charge on any atom is 0.340 e. The van der Waals surface area contributed by atoms with E-state index in [0.717, 1.165) is 47.7 Å². The molecule has 2 saturated carbocycles. The first-order valence-corrected chi connectivity index (χ1v) is 19.8. The molecule has 0 unspecified atom stereocenters. The number of ether oxygens (including phenoxy) is 9. The van der Waals surface area contributed by atoms with E-state index < -0.39 is 132 Å². The van der Waals surface area contributed by atoms with Crippen LogP contribution in [-0.2, 0) is 77.8 Å². The van der Waals surface area contributed by atoms with E-state index in [1.54, 1.807) is 0 Å². The van der Waals surface area contributed by atoms with E-state index in [-0.39, 0.29) is 29.7 Å². The van der Waals surface area contributed by atoms with Crippen molar-refractivity contribution >= 4 is 47.8 Å². The normalized spacial score (nSPS) is 35.0. The van der Waals surface area contributed by atoms with Gasteiger partial charge in [0.2, 0.25) is 0 Å². The molecule has 0 amide bonds. The second-order valence-corrected chi connectivity index (χ2v) is 16.3. The number of hydrogen-bond acceptors (Lipinski definition) is 20. The van der Waals surface area contributed by atoms with Gasteiger partial charge in [0.15, 0.2) is 30.0 Å². The molecule has 1 spiro atoms. The maximum atomic E-state index is 14.4. The number of pyridine rings is 2. The number of hydrogen-bond donors (Lipinski definition) is 1. The molecule has 20 heteroatoms. The number of fused-ring (bicyclic) bond motifs is 5. The zero-order valence-corrected chi connectivity index (χ0v) is 35.3. The van der Waals surface area contributed by atoms with Crippen LogP contribution in [0.2, 0.25) is 0 Å². The third-order valence-electron chi connectivity index (χ3n) is 12.0. The summed E-state index contributed by atoms with van der Waals surface area (Å²) in [6, 6.07) is 5.67. The predicted octanol–water partition coefficient (Wildman–Crippen LogP) is 1.55. The van der Waals surface area contributed by atoms with Crippen molar-refractivity contribution in [1.82, 2.24) is 9.97 Å². The second kappa shape index (κ2) is 17.0. The summed E-state index contributed by atoms with van der Waals surface area (Å²) in [4.78, 5) is 117. The standard InChI is InChI=1S/C42H48N2O18/c1-20-13-14-28-27(12-10-16-44-28)38(52)55-18-39(7)29-30(56-22(3)46)34(59-25(6)49)41(19-54-21(2)45)35(61-37(51)26-11-9-15-43-17-26)31(57-23(4)47)33(60-36(20)50)40(8,53)42(41,62-39)32(29)58-24(5)48/h9-12,15-17,20,29-35,53H,13-14,18-19H2,1-8H3/t20-,29+,30+,31-,32+,33-,34+,35-,39-,40-,41+,42-/m0/s1. The zero-order chi connectivity index (χ0) is 45.5. The first-order valence-electron chi connectivity index (χ1n) is 19.8. The number of nitrogens with zero attached hydrogens (tertiary/aromatic N) is 2. The maximum absolute atomic E-state index is 14.4. The molecule has 4 bridgehead atoms. The average molecular weight is 869 g/mol. The first kappa shape index (κ1) is 45.5. The van der Waals surface area contributed by atoms with Crippen molar-refractivity contribution in [1.29, 1.82) is 0 Å². The van der Waals surface area contributed by atoms with Crippen molar-refractivity contribution in [3.8, 4) is 0 Å². The van der Waals surface area contributed by atoms with Crippen molar-refractivity contribution in [3.05, 3.63) is 59.7 Å². The van der Waals surface area contributed by atoms with Crippen molar-refractivity contribution in [2.75, 3.05) is 13.2 Å². The van der Waals surface area contributed by atoms with Crippen LogP contribution in [0.15, 0.2) is 42.9 Å². The number of esters is 8. The van der Waals surface area contributed by atoms with E-state index in [9.17, 15) is 43.5 Å². The summed E-state index contributed by atoms with van der Waals surface area (Å²) in [5.41, 5.74) is -10.3. The molecule has 12 atom stereocenters. The minimum atomic E-state index is -2.86. The van der Waals surface area contributed by atoms with Gasteiger partial charge in [-0.25, -0.2) is 9.59 Å². The Morgan fingerprint density at radius 2 is 1.42 bits per heavy atom.